The maximum absolute atomic E-state index is 11.4. The molecule has 0 unspecified atom stereocenters. The molecule has 0 aliphatic carbocycles. The van der Waals surface area contributed by atoms with Gasteiger partial charge in [0, 0.05) is 25.8 Å². The molecule has 1 aromatic rings. The summed E-state index contributed by atoms with van der Waals surface area (Å²) in [6.45, 7) is 5.73. The molecule has 21 heavy (non-hydrogen) atoms. The predicted molar refractivity (Wildman–Crippen MR) is 86.9 cm³/mol. The number of guanidine groups is 1. The molecule has 118 valence electrons. The Kier molecular flexibility index (Phi) is 7.39. The smallest absolute Gasteiger partial charge is 0.239 e. The zero-order valence-corrected chi connectivity index (χ0v) is 14.0. The number of nitrogens with zero attached hydrogens (tertiary/aromatic N) is 2. The first-order valence-electron chi connectivity index (χ1n) is 6.78. The van der Waals surface area contributed by atoms with Gasteiger partial charge < -0.3 is 20.5 Å². The number of halogens is 2. The minimum atomic E-state index is -0.0759. The number of carbonyl (C=O) groups excluding carboxylic acids is 1. The monoisotopic (exact) mass is 333 g/mol. The van der Waals surface area contributed by atoms with Crippen molar-refractivity contribution in [3.8, 4) is 0 Å². The van der Waals surface area contributed by atoms with Crippen LogP contribution in [-0.2, 0) is 18.4 Å². The van der Waals surface area contributed by atoms with E-state index >= 15 is 0 Å². The average molecular weight is 334 g/mol. The highest BCUT2D eigenvalue weighted by Crippen LogP contribution is 2.25. The third kappa shape index (κ3) is 5.47. The molecule has 3 N–H and O–H groups in total. The van der Waals surface area contributed by atoms with E-state index in [4.69, 9.17) is 23.2 Å². The first-order valence-corrected chi connectivity index (χ1v) is 7.53. The Balaban J connectivity index is 2.66. The molecule has 8 heteroatoms. The van der Waals surface area contributed by atoms with Gasteiger partial charge in [0.25, 0.3) is 0 Å². The molecular weight excluding hydrogens is 313 g/mol. The number of hydrogen-bond donors (Lipinski definition) is 3. The highest BCUT2D eigenvalue weighted by atomic mass is 35.5. The van der Waals surface area contributed by atoms with Crippen LogP contribution in [-0.4, -0.2) is 36.1 Å². The summed E-state index contributed by atoms with van der Waals surface area (Å²) in [5.41, 5.74) is 0.889. The second kappa shape index (κ2) is 8.79. The summed E-state index contributed by atoms with van der Waals surface area (Å²) < 4.78 is 1.78. The van der Waals surface area contributed by atoms with Crippen molar-refractivity contribution in [1.29, 1.82) is 0 Å². The minimum Gasteiger partial charge on any atom is -0.357 e. The zero-order valence-electron chi connectivity index (χ0n) is 12.5. The van der Waals surface area contributed by atoms with Crippen LogP contribution in [0.3, 0.4) is 0 Å². The molecule has 0 spiro atoms. The molecule has 1 aromatic heterocycles. The molecule has 1 rings (SSSR count). The molecule has 0 fully saturated rings. The van der Waals surface area contributed by atoms with Gasteiger partial charge in [-0.1, -0.05) is 23.2 Å². The van der Waals surface area contributed by atoms with Gasteiger partial charge >= 0.3 is 0 Å². The van der Waals surface area contributed by atoms with E-state index < -0.39 is 0 Å². The molecule has 0 atom stereocenters. The Bertz CT molecular complexity index is 513. The van der Waals surface area contributed by atoms with E-state index in [1.807, 2.05) is 20.9 Å². The largest absolute Gasteiger partial charge is 0.357 e. The summed E-state index contributed by atoms with van der Waals surface area (Å²) >= 11 is 12.0. The quantitative estimate of drug-likeness (QED) is 0.546. The van der Waals surface area contributed by atoms with Crippen LogP contribution in [0.4, 0.5) is 0 Å². The predicted octanol–water partition coefficient (Wildman–Crippen LogP) is 1.52. The molecule has 0 saturated heterocycles. The number of nitrogens with one attached hydrogen (secondary N) is 3. The van der Waals surface area contributed by atoms with Gasteiger partial charge in [-0.3, -0.25) is 4.79 Å². The van der Waals surface area contributed by atoms with Crippen molar-refractivity contribution >= 4 is 35.1 Å². The highest BCUT2D eigenvalue weighted by Gasteiger charge is 2.09. The van der Waals surface area contributed by atoms with Gasteiger partial charge in [-0.15, -0.1) is 0 Å². The SMILES string of the molecule is CCNC(=O)CNC(=NCc1cc(Cl)c(Cl)n1C)NCC. The van der Waals surface area contributed by atoms with Gasteiger partial charge in [-0.25, -0.2) is 4.99 Å². The number of rotatable bonds is 6. The van der Waals surface area contributed by atoms with Crippen LogP contribution in [0.5, 0.6) is 0 Å². The summed E-state index contributed by atoms with van der Waals surface area (Å²) in [7, 11) is 1.83. The third-order valence-corrected chi connectivity index (χ3v) is 3.59. The lowest BCUT2D eigenvalue weighted by Gasteiger charge is -2.11. The Morgan fingerprint density at radius 2 is 1.90 bits per heavy atom. The van der Waals surface area contributed by atoms with Crippen LogP contribution >= 0.6 is 23.2 Å². The van der Waals surface area contributed by atoms with Crippen molar-refractivity contribution in [2.24, 2.45) is 12.0 Å². The second-order valence-corrected chi connectivity index (χ2v) is 5.10. The zero-order chi connectivity index (χ0) is 15.8. The maximum atomic E-state index is 11.4. The van der Waals surface area contributed by atoms with Crippen LogP contribution in [0, 0.1) is 0 Å². The Morgan fingerprint density at radius 1 is 1.24 bits per heavy atom. The number of hydrogen-bond acceptors (Lipinski definition) is 2. The average Bonchev–Trinajstić information content (AvgIpc) is 2.69. The molecule has 6 nitrogen and oxygen atoms in total. The van der Waals surface area contributed by atoms with Crippen molar-refractivity contribution in [1.82, 2.24) is 20.5 Å². The molecule has 0 aliphatic rings. The van der Waals surface area contributed by atoms with Gasteiger partial charge in [-0.05, 0) is 19.9 Å². The number of carbonyl (C=O) groups is 1. The van der Waals surface area contributed by atoms with Gasteiger partial charge in [0.05, 0.1) is 18.1 Å². The summed E-state index contributed by atoms with van der Waals surface area (Å²) in [5.74, 6) is 0.491. The first-order chi connectivity index (χ1) is 9.99. The lowest BCUT2D eigenvalue weighted by molar-refractivity contribution is -0.119. The van der Waals surface area contributed by atoms with Crippen LogP contribution in [0.25, 0.3) is 0 Å². The Morgan fingerprint density at radius 3 is 2.43 bits per heavy atom. The van der Waals surface area contributed by atoms with E-state index in [0.29, 0.717) is 35.8 Å². The van der Waals surface area contributed by atoms with E-state index in [9.17, 15) is 4.79 Å². The molecule has 1 heterocycles. The second-order valence-electron chi connectivity index (χ2n) is 4.34. The highest BCUT2D eigenvalue weighted by molar-refractivity contribution is 6.41. The van der Waals surface area contributed by atoms with Gasteiger partial charge in [-0.2, -0.15) is 0 Å². The lowest BCUT2D eigenvalue weighted by atomic mass is 10.4. The summed E-state index contributed by atoms with van der Waals surface area (Å²) in [5, 5.41) is 9.75. The van der Waals surface area contributed by atoms with Gasteiger partial charge in [0.15, 0.2) is 5.96 Å². The standard InChI is InChI=1S/C13H21Cl2N5O/c1-4-16-11(21)8-19-13(17-5-2)18-7-9-6-10(14)12(15)20(9)3/h6H,4-5,7-8H2,1-3H3,(H,16,21)(H2,17,18,19). The maximum Gasteiger partial charge on any atom is 0.239 e. The Hall–Kier alpha value is -1.40. The van der Waals surface area contributed by atoms with E-state index in [1.165, 1.54) is 0 Å². The van der Waals surface area contributed by atoms with Crippen LogP contribution in [0.15, 0.2) is 11.1 Å². The molecule has 0 aliphatic heterocycles. The minimum absolute atomic E-state index is 0.0759. The number of likely N-dealkylation sites (N-methyl/N-ethyl adjacent to an activating group) is 1. The van der Waals surface area contributed by atoms with Crippen LogP contribution in [0.2, 0.25) is 10.2 Å². The number of aromatic nitrogens is 1. The summed E-state index contributed by atoms with van der Waals surface area (Å²) in [4.78, 5) is 15.8. The topological polar surface area (TPSA) is 70.5 Å². The number of aliphatic imine (C=N–C) groups is 1. The van der Waals surface area contributed by atoms with Crippen molar-refractivity contribution in [3.05, 3.63) is 21.9 Å². The van der Waals surface area contributed by atoms with Crippen molar-refractivity contribution < 1.29 is 4.79 Å². The first kappa shape index (κ1) is 17.7. The van der Waals surface area contributed by atoms with E-state index in [2.05, 4.69) is 20.9 Å². The fourth-order valence-corrected chi connectivity index (χ4v) is 2.08. The van der Waals surface area contributed by atoms with Crippen molar-refractivity contribution in [3.63, 3.8) is 0 Å². The molecule has 0 aromatic carbocycles. The van der Waals surface area contributed by atoms with E-state index in [1.54, 1.807) is 10.6 Å². The molecule has 0 radical (unpaired) electrons. The van der Waals surface area contributed by atoms with Gasteiger partial charge in [0.2, 0.25) is 5.91 Å². The van der Waals surface area contributed by atoms with E-state index in [0.717, 1.165) is 5.69 Å². The van der Waals surface area contributed by atoms with E-state index in [-0.39, 0.29) is 12.5 Å². The fraction of sp³-hybridized carbons (Fsp3) is 0.538. The third-order valence-electron chi connectivity index (χ3n) is 2.75. The molecule has 0 saturated carbocycles. The molecular formula is C13H21Cl2N5O. The van der Waals surface area contributed by atoms with Crippen LogP contribution < -0.4 is 16.0 Å². The number of amides is 1. The van der Waals surface area contributed by atoms with Crippen LogP contribution in [0.1, 0.15) is 19.5 Å². The Labute approximate surface area is 134 Å². The normalized spacial score (nSPS) is 11.4. The molecule has 1 amide bonds. The summed E-state index contributed by atoms with van der Waals surface area (Å²) in [6.07, 6.45) is 0. The van der Waals surface area contributed by atoms with Gasteiger partial charge in [0.1, 0.15) is 5.15 Å². The van der Waals surface area contributed by atoms with Crippen molar-refractivity contribution in [2.45, 2.75) is 20.4 Å². The lowest BCUT2D eigenvalue weighted by Crippen LogP contribution is -2.43. The fourth-order valence-electron chi connectivity index (χ4n) is 1.67. The summed E-state index contributed by atoms with van der Waals surface area (Å²) in [6, 6.07) is 1.78. The van der Waals surface area contributed by atoms with Crippen molar-refractivity contribution in [2.75, 3.05) is 19.6 Å². The molecule has 0 bridgehead atoms.